The van der Waals surface area contributed by atoms with Crippen LogP contribution in [0.5, 0.6) is 0 Å². The number of carbonyl (C=O) groups excluding carboxylic acids is 2. The molecule has 35 heavy (non-hydrogen) atoms. The fraction of sp³-hybridized carbons (Fsp3) is 0.444. The van der Waals surface area contributed by atoms with E-state index in [1.165, 1.54) is 0 Å². The van der Waals surface area contributed by atoms with E-state index in [1.54, 1.807) is 11.8 Å². The van der Waals surface area contributed by atoms with E-state index < -0.39 is 29.6 Å². The number of ether oxygens (including phenoxy) is 1. The number of carboxylic acid groups (broad SMARTS) is 1. The van der Waals surface area contributed by atoms with Gasteiger partial charge in [-0.05, 0) is 53.5 Å². The minimum atomic E-state index is -1.27. The van der Waals surface area contributed by atoms with Gasteiger partial charge >= 0.3 is 12.1 Å². The van der Waals surface area contributed by atoms with Crippen molar-refractivity contribution in [2.75, 3.05) is 18.6 Å². The molecular weight excluding hydrogens is 464 g/mol. The van der Waals surface area contributed by atoms with Crippen molar-refractivity contribution in [2.24, 2.45) is 0 Å². The van der Waals surface area contributed by atoms with Crippen molar-refractivity contribution in [3.63, 3.8) is 0 Å². The van der Waals surface area contributed by atoms with Crippen LogP contribution >= 0.6 is 11.8 Å². The fourth-order valence-electron chi connectivity index (χ4n) is 5.16. The Morgan fingerprint density at radius 3 is 2.20 bits per heavy atom. The van der Waals surface area contributed by atoms with E-state index in [0.717, 1.165) is 41.5 Å². The van der Waals surface area contributed by atoms with Crippen molar-refractivity contribution in [3.05, 3.63) is 59.7 Å². The standard InChI is InChI=1S/C27H32N2O5S/c1-35-16-13-23(24(30)29-27(25(31)32)14-7-2-8-15-27)28-26(33)34-17-22-20-11-5-3-9-18(20)19-10-4-6-12-21(19)22/h3-6,9-12,22-23H,2,7-8,13-17H2,1H3,(H,28,33)(H,29,30)(H,31,32)/t23-/m1/s1. The lowest BCUT2D eigenvalue weighted by atomic mass is 9.81. The summed E-state index contributed by atoms with van der Waals surface area (Å²) in [7, 11) is 0. The maximum absolute atomic E-state index is 13.1. The number of carbonyl (C=O) groups is 3. The normalized spacial score (nSPS) is 17.1. The Hall–Kier alpha value is -3.00. The van der Waals surface area contributed by atoms with Crippen molar-refractivity contribution in [2.45, 2.75) is 56.0 Å². The second kappa shape index (κ2) is 11.2. The number of fused-ring (bicyclic) bond motifs is 3. The lowest BCUT2D eigenvalue weighted by molar-refractivity contribution is -0.149. The number of carboxylic acids is 1. The molecule has 0 radical (unpaired) electrons. The van der Waals surface area contributed by atoms with E-state index in [1.807, 2.05) is 42.7 Å². The van der Waals surface area contributed by atoms with Crippen molar-refractivity contribution < 1.29 is 24.2 Å². The van der Waals surface area contributed by atoms with Gasteiger partial charge in [-0.1, -0.05) is 67.8 Å². The summed E-state index contributed by atoms with van der Waals surface area (Å²) in [6, 6.07) is 15.3. The Kier molecular flexibility index (Phi) is 8.00. The van der Waals surface area contributed by atoms with Crippen LogP contribution < -0.4 is 10.6 Å². The molecular formula is C27H32N2O5S. The summed E-state index contributed by atoms with van der Waals surface area (Å²) in [6.07, 6.45) is 4.88. The molecule has 0 heterocycles. The second-order valence-corrected chi connectivity index (χ2v) is 10.2. The van der Waals surface area contributed by atoms with Gasteiger partial charge in [0.15, 0.2) is 0 Å². The molecule has 0 saturated heterocycles. The van der Waals surface area contributed by atoms with E-state index in [0.29, 0.717) is 25.0 Å². The van der Waals surface area contributed by atoms with Crippen LogP contribution in [0.3, 0.4) is 0 Å². The highest BCUT2D eigenvalue weighted by Gasteiger charge is 2.42. The highest BCUT2D eigenvalue weighted by Crippen LogP contribution is 2.44. The van der Waals surface area contributed by atoms with Gasteiger partial charge in [-0.25, -0.2) is 9.59 Å². The van der Waals surface area contributed by atoms with Gasteiger partial charge in [0.25, 0.3) is 0 Å². The summed E-state index contributed by atoms with van der Waals surface area (Å²) >= 11 is 1.56. The molecule has 186 valence electrons. The smallest absolute Gasteiger partial charge is 0.407 e. The topological polar surface area (TPSA) is 105 Å². The number of hydrogen-bond donors (Lipinski definition) is 3. The summed E-state index contributed by atoms with van der Waals surface area (Å²) in [6.45, 7) is 0.149. The highest BCUT2D eigenvalue weighted by molar-refractivity contribution is 7.98. The number of nitrogens with one attached hydrogen (secondary N) is 2. The summed E-state index contributed by atoms with van der Waals surface area (Å²) in [5, 5.41) is 15.3. The van der Waals surface area contributed by atoms with Crippen LogP contribution in [0.4, 0.5) is 4.79 Å². The van der Waals surface area contributed by atoms with Gasteiger partial charge < -0.3 is 20.5 Å². The average molecular weight is 497 g/mol. The number of hydrogen-bond acceptors (Lipinski definition) is 5. The zero-order chi connectivity index (χ0) is 24.8. The molecule has 3 N–H and O–H groups in total. The first kappa shape index (κ1) is 25.1. The quantitative estimate of drug-likeness (QED) is 0.470. The minimum Gasteiger partial charge on any atom is -0.480 e. The maximum Gasteiger partial charge on any atom is 0.407 e. The molecule has 0 aliphatic heterocycles. The number of thioether (sulfide) groups is 1. The highest BCUT2D eigenvalue weighted by atomic mass is 32.2. The summed E-state index contributed by atoms with van der Waals surface area (Å²) in [4.78, 5) is 37.9. The molecule has 2 amide bonds. The molecule has 0 aromatic heterocycles. The van der Waals surface area contributed by atoms with Gasteiger partial charge in [0.1, 0.15) is 18.2 Å². The summed E-state index contributed by atoms with van der Waals surface area (Å²) < 4.78 is 5.61. The van der Waals surface area contributed by atoms with Gasteiger partial charge in [-0.15, -0.1) is 0 Å². The lowest BCUT2D eigenvalue weighted by Gasteiger charge is -2.35. The molecule has 2 aromatic rings. The molecule has 1 fully saturated rings. The number of benzene rings is 2. The third-order valence-corrected chi connectivity index (χ3v) is 7.69. The Bertz CT molecular complexity index is 1040. The summed E-state index contributed by atoms with van der Waals surface area (Å²) in [5.74, 6) is -0.932. The van der Waals surface area contributed by atoms with Crippen molar-refractivity contribution >= 4 is 29.7 Å². The maximum atomic E-state index is 13.1. The SMILES string of the molecule is CSCC[C@@H](NC(=O)OCC1c2ccccc2-c2ccccc21)C(=O)NC1(C(=O)O)CCCCC1. The molecule has 4 rings (SSSR count). The molecule has 1 atom stereocenters. The predicted molar refractivity (Wildman–Crippen MR) is 137 cm³/mol. The largest absolute Gasteiger partial charge is 0.480 e. The number of rotatable bonds is 9. The molecule has 0 unspecified atom stereocenters. The van der Waals surface area contributed by atoms with Crippen molar-refractivity contribution in [1.82, 2.24) is 10.6 Å². The first-order chi connectivity index (χ1) is 16.9. The first-order valence-corrected chi connectivity index (χ1v) is 13.5. The molecule has 2 aliphatic carbocycles. The zero-order valence-corrected chi connectivity index (χ0v) is 20.7. The van der Waals surface area contributed by atoms with Crippen LogP contribution in [0.25, 0.3) is 11.1 Å². The molecule has 8 heteroatoms. The predicted octanol–water partition coefficient (Wildman–Crippen LogP) is 4.55. The van der Waals surface area contributed by atoms with E-state index in [2.05, 4.69) is 22.8 Å². The van der Waals surface area contributed by atoms with Gasteiger partial charge in [-0.2, -0.15) is 11.8 Å². The first-order valence-electron chi connectivity index (χ1n) is 12.1. The van der Waals surface area contributed by atoms with Crippen LogP contribution in [0.2, 0.25) is 0 Å². The van der Waals surface area contributed by atoms with E-state index in [-0.39, 0.29) is 12.5 Å². The van der Waals surface area contributed by atoms with Crippen LogP contribution in [0.15, 0.2) is 48.5 Å². The van der Waals surface area contributed by atoms with Gasteiger partial charge in [-0.3, -0.25) is 4.79 Å². The monoisotopic (exact) mass is 496 g/mol. The van der Waals surface area contributed by atoms with E-state index in [4.69, 9.17) is 4.74 Å². The number of aliphatic carboxylic acids is 1. The molecule has 0 spiro atoms. The van der Waals surface area contributed by atoms with Crippen LogP contribution in [-0.2, 0) is 14.3 Å². The summed E-state index contributed by atoms with van der Waals surface area (Å²) in [5.41, 5.74) is 3.23. The third-order valence-electron chi connectivity index (χ3n) is 7.04. The van der Waals surface area contributed by atoms with Gasteiger partial charge in [0, 0.05) is 5.92 Å². The Morgan fingerprint density at radius 1 is 1.03 bits per heavy atom. The number of amides is 2. The molecule has 1 saturated carbocycles. The minimum absolute atomic E-state index is 0.0795. The van der Waals surface area contributed by atoms with E-state index in [9.17, 15) is 19.5 Å². The third kappa shape index (κ3) is 5.48. The molecule has 0 bridgehead atoms. The Balaban J connectivity index is 1.42. The lowest BCUT2D eigenvalue weighted by Crippen LogP contribution is -2.60. The molecule has 2 aromatic carbocycles. The van der Waals surface area contributed by atoms with Crippen LogP contribution in [0, 0.1) is 0 Å². The van der Waals surface area contributed by atoms with Crippen LogP contribution in [0.1, 0.15) is 55.6 Å². The van der Waals surface area contributed by atoms with Gasteiger partial charge in [0.2, 0.25) is 5.91 Å². The zero-order valence-electron chi connectivity index (χ0n) is 19.9. The number of alkyl carbamates (subject to hydrolysis) is 1. The molecule has 2 aliphatic rings. The van der Waals surface area contributed by atoms with E-state index >= 15 is 0 Å². The fourth-order valence-corrected chi connectivity index (χ4v) is 5.63. The van der Waals surface area contributed by atoms with Crippen molar-refractivity contribution in [3.8, 4) is 11.1 Å². The van der Waals surface area contributed by atoms with Crippen LogP contribution in [-0.4, -0.2) is 53.3 Å². The average Bonchev–Trinajstić information content (AvgIpc) is 3.19. The molecule has 7 nitrogen and oxygen atoms in total. The van der Waals surface area contributed by atoms with Gasteiger partial charge in [0.05, 0.1) is 0 Å². The Morgan fingerprint density at radius 2 is 1.63 bits per heavy atom. The second-order valence-electron chi connectivity index (χ2n) is 9.24. The van der Waals surface area contributed by atoms with Crippen molar-refractivity contribution in [1.29, 1.82) is 0 Å². The Labute approximate surface area is 210 Å².